The molecule has 0 radical (unpaired) electrons. The second-order valence-corrected chi connectivity index (χ2v) is 6.72. The molecule has 0 saturated carbocycles. The Morgan fingerprint density at radius 1 is 1.00 bits per heavy atom. The molecule has 2 aromatic carbocycles. The Balaban J connectivity index is 1.43. The largest absolute Gasteiger partial charge is 0.327 e. The average molecular weight is 382 g/mol. The molecule has 1 heterocycles. The van der Waals surface area contributed by atoms with Gasteiger partial charge in [0.1, 0.15) is 0 Å². The fourth-order valence-corrected chi connectivity index (χ4v) is 2.78. The third kappa shape index (κ3) is 5.68. The van der Waals surface area contributed by atoms with Crippen LogP contribution in [0.3, 0.4) is 0 Å². The third-order valence-corrected chi connectivity index (χ3v) is 4.41. The van der Waals surface area contributed by atoms with Crippen molar-refractivity contribution < 1.29 is 14.1 Å². The van der Waals surface area contributed by atoms with Crippen LogP contribution in [-0.2, 0) is 16.0 Å². The smallest absolute Gasteiger partial charge is 0.286 e. The molecule has 0 aliphatic carbocycles. The van der Waals surface area contributed by atoms with Crippen LogP contribution in [0.2, 0.25) is 0 Å². The maximum Gasteiger partial charge on any atom is 0.286 e. The van der Waals surface area contributed by atoms with E-state index in [2.05, 4.69) is 21.0 Å². The number of amides is 2. The van der Waals surface area contributed by atoms with Gasteiger partial charge < -0.3 is 4.52 Å². The molecule has 0 bridgehead atoms. The standard InChI is InChI=1S/C19H18N4O3S/c1-13-7-9-15(10-8-13)18-20-19(26-23-18)27-12-17(25)22-21-16(24)11-14-5-3-2-4-6-14/h2-10H,11-12H2,1H3,(H,21,24)(H,22,25). The summed E-state index contributed by atoms with van der Waals surface area (Å²) in [5, 5.41) is 4.19. The first kappa shape index (κ1) is 18.7. The van der Waals surface area contributed by atoms with Crippen LogP contribution in [0.1, 0.15) is 11.1 Å². The van der Waals surface area contributed by atoms with Crippen molar-refractivity contribution in [3.63, 3.8) is 0 Å². The van der Waals surface area contributed by atoms with E-state index in [0.29, 0.717) is 5.82 Å². The first-order chi connectivity index (χ1) is 13.1. The van der Waals surface area contributed by atoms with E-state index in [1.165, 1.54) is 0 Å². The minimum absolute atomic E-state index is 0.0428. The predicted octanol–water partition coefficient (Wildman–Crippen LogP) is 2.53. The van der Waals surface area contributed by atoms with Crippen LogP contribution in [0.5, 0.6) is 0 Å². The van der Waals surface area contributed by atoms with Gasteiger partial charge in [-0.3, -0.25) is 20.4 Å². The van der Waals surface area contributed by atoms with Crippen molar-refractivity contribution in [3.8, 4) is 11.4 Å². The minimum atomic E-state index is -0.364. The van der Waals surface area contributed by atoms with Gasteiger partial charge in [-0.15, -0.1) is 0 Å². The summed E-state index contributed by atoms with van der Waals surface area (Å²) in [7, 11) is 0. The predicted molar refractivity (Wildman–Crippen MR) is 102 cm³/mol. The summed E-state index contributed by atoms with van der Waals surface area (Å²) >= 11 is 1.10. The van der Waals surface area contributed by atoms with E-state index in [0.717, 1.165) is 28.5 Å². The van der Waals surface area contributed by atoms with Gasteiger partial charge in [-0.2, -0.15) is 4.98 Å². The number of thioether (sulfide) groups is 1. The van der Waals surface area contributed by atoms with Crippen LogP contribution in [0, 0.1) is 6.92 Å². The van der Waals surface area contributed by atoms with Crippen molar-refractivity contribution in [1.82, 2.24) is 21.0 Å². The van der Waals surface area contributed by atoms with Crippen molar-refractivity contribution in [2.75, 3.05) is 5.75 Å². The van der Waals surface area contributed by atoms with Gasteiger partial charge in [0, 0.05) is 5.56 Å². The number of carbonyl (C=O) groups excluding carboxylic acids is 2. The van der Waals surface area contributed by atoms with Gasteiger partial charge in [-0.1, -0.05) is 77.1 Å². The lowest BCUT2D eigenvalue weighted by atomic mass is 10.1. The fraction of sp³-hybridized carbons (Fsp3) is 0.158. The molecular weight excluding hydrogens is 364 g/mol. The molecule has 2 amide bonds. The minimum Gasteiger partial charge on any atom is -0.327 e. The van der Waals surface area contributed by atoms with Gasteiger partial charge in [0.2, 0.25) is 17.6 Å². The highest BCUT2D eigenvalue weighted by Crippen LogP contribution is 2.21. The lowest BCUT2D eigenvalue weighted by Gasteiger charge is -2.06. The molecule has 1 aromatic heterocycles. The van der Waals surface area contributed by atoms with Crippen LogP contribution < -0.4 is 10.9 Å². The number of hydrogen-bond donors (Lipinski definition) is 2. The lowest BCUT2D eigenvalue weighted by molar-refractivity contribution is -0.127. The van der Waals surface area contributed by atoms with Crippen LogP contribution in [0.15, 0.2) is 64.3 Å². The van der Waals surface area contributed by atoms with E-state index in [9.17, 15) is 9.59 Å². The average Bonchev–Trinajstić information content (AvgIpc) is 3.15. The summed E-state index contributed by atoms with van der Waals surface area (Å²) in [6, 6.07) is 17.0. The SMILES string of the molecule is Cc1ccc(-c2noc(SCC(=O)NNC(=O)Cc3ccccc3)n2)cc1. The molecule has 27 heavy (non-hydrogen) atoms. The van der Waals surface area contributed by atoms with Gasteiger partial charge >= 0.3 is 0 Å². The number of nitrogens with zero attached hydrogens (tertiary/aromatic N) is 2. The zero-order valence-corrected chi connectivity index (χ0v) is 15.5. The highest BCUT2D eigenvalue weighted by Gasteiger charge is 2.12. The van der Waals surface area contributed by atoms with E-state index >= 15 is 0 Å². The van der Waals surface area contributed by atoms with Gasteiger partial charge in [-0.05, 0) is 12.5 Å². The first-order valence-electron chi connectivity index (χ1n) is 8.25. The molecule has 0 aliphatic heterocycles. The van der Waals surface area contributed by atoms with Crippen molar-refractivity contribution in [2.24, 2.45) is 0 Å². The normalized spacial score (nSPS) is 10.4. The Bertz CT molecular complexity index is 910. The molecule has 8 heteroatoms. The summed E-state index contributed by atoms with van der Waals surface area (Å²) in [5.74, 6) is -0.147. The Labute approximate surface area is 160 Å². The monoisotopic (exact) mass is 382 g/mol. The van der Waals surface area contributed by atoms with Gasteiger partial charge in [-0.25, -0.2) is 0 Å². The Morgan fingerprint density at radius 2 is 1.70 bits per heavy atom. The van der Waals surface area contributed by atoms with Crippen LogP contribution >= 0.6 is 11.8 Å². The Kier molecular flexibility index (Phi) is 6.22. The molecule has 138 valence electrons. The van der Waals surface area contributed by atoms with E-state index in [4.69, 9.17) is 4.52 Å². The van der Waals surface area contributed by atoms with Crippen LogP contribution in [0.25, 0.3) is 11.4 Å². The number of rotatable bonds is 6. The second kappa shape index (κ2) is 9.00. The summed E-state index contributed by atoms with van der Waals surface area (Å²) < 4.78 is 5.14. The summed E-state index contributed by atoms with van der Waals surface area (Å²) in [4.78, 5) is 27.9. The topological polar surface area (TPSA) is 97.1 Å². The van der Waals surface area contributed by atoms with Crippen LogP contribution in [-0.4, -0.2) is 27.7 Å². The van der Waals surface area contributed by atoms with Crippen molar-refractivity contribution >= 4 is 23.6 Å². The molecule has 0 atom stereocenters. The maximum absolute atomic E-state index is 11.9. The summed E-state index contributed by atoms with van der Waals surface area (Å²) in [6.07, 6.45) is 0.192. The maximum atomic E-state index is 11.9. The zero-order valence-electron chi connectivity index (χ0n) is 14.6. The molecule has 0 saturated heterocycles. The number of aromatic nitrogens is 2. The van der Waals surface area contributed by atoms with Crippen molar-refractivity contribution in [2.45, 2.75) is 18.6 Å². The number of carbonyl (C=O) groups is 2. The van der Waals surface area contributed by atoms with E-state index < -0.39 is 0 Å². The first-order valence-corrected chi connectivity index (χ1v) is 9.24. The van der Waals surface area contributed by atoms with Gasteiger partial charge in [0.15, 0.2) is 0 Å². The highest BCUT2D eigenvalue weighted by molar-refractivity contribution is 7.99. The number of benzene rings is 2. The van der Waals surface area contributed by atoms with E-state index in [1.807, 2.05) is 61.5 Å². The molecule has 0 spiro atoms. The summed E-state index contributed by atoms with van der Waals surface area (Å²) in [6.45, 7) is 2.00. The third-order valence-electron chi connectivity index (χ3n) is 3.59. The number of hydrazine groups is 1. The quantitative estimate of drug-likeness (QED) is 0.502. The number of aryl methyl sites for hydroxylation is 1. The van der Waals surface area contributed by atoms with Gasteiger partial charge in [0.25, 0.3) is 5.22 Å². The molecule has 0 aliphatic rings. The van der Waals surface area contributed by atoms with E-state index in [1.54, 1.807) is 0 Å². The van der Waals surface area contributed by atoms with Crippen molar-refractivity contribution in [1.29, 1.82) is 0 Å². The van der Waals surface area contributed by atoms with Gasteiger partial charge in [0.05, 0.1) is 12.2 Å². The zero-order chi connectivity index (χ0) is 19.1. The number of nitrogens with one attached hydrogen (secondary N) is 2. The molecule has 0 unspecified atom stereocenters. The highest BCUT2D eigenvalue weighted by atomic mass is 32.2. The molecule has 3 rings (SSSR count). The Morgan fingerprint density at radius 3 is 2.44 bits per heavy atom. The molecule has 0 fully saturated rings. The molecule has 3 aromatic rings. The van der Waals surface area contributed by atoms with E-state index in [-0.39, 0.29) is 29.2 Å². The molecular formula is C19H18N4O3S. The molecule has 7 nitrogen and oxygen atoms in total. The van der Waals surface area contributed by atoms with Crippen molar-refractivity contribution in [3.05, 3.63) is 65.7 Å². The number of hydrogen-bond acceptors (Lipinski definition) is 6. The Hall–Kier alpha value is -3.13. The van der Waals surface area contributed by atoms with Crippen LogP contribution in [0.4, 0.5) is 0 Å². The fourth-order valence-electron chi connectivity index (χ4n) is 2.22. The summed E-state index contributed by atoms with van der Waals surface area (Å²) in [5.41, 5.74) is 7.61. The lowest BCUT2D eigenvalue weighted by Crippen LogP contribution is -2.43. The molecule has 2 N–H and O–H groups in total. The second-order valence-electron chi connectivity index (χ2n) is 5.80.